The number of piperidine rings is 3. The summed E-state index contributed by atoms with van der Waals surface area (Å²) < 4.78 is 1.63. The van der Waals surface area contributed by atoms with Crippen LogP contribution in [0.1, 0.15) is 41.9 Å². The second-order valence-corrected chi connectivity index (χ2v) is 9.10. The number of hydrogen-bond acceptors (Lipinski definition) is 6. The number of hydrogen-bond donors (Lipinski definition) is 1. The third-order valence-corrected chi connectivity index (χ3v) is 7.26. The zero-order valence-corrected chi connectivity index (χ0v) is 17.9. The lowest BCUT2D eigenvalue weighted by molar-refractivity contribution is -0.0308. The van der Waals surface area contributed by atoms with Crippen LogP contribution >= 0.6 is 0 Å². The first-order valence-electron chi connectivity index (χ1n) is 11.2. The molecule has 160 valence electrons. The van der Waals surface area contributed by atoms with Gasteiger partial charge in [0.15, 0.2) is 0 Å². The Labute approximate surface area is 177 Å². The third kappa shape index (κ3) is 3.57. The number of carbonyl (C=O) groups excluding carboxylic acids is 1. The molecular weight excluding hydrogens is 378 g/mol. The fourth-order valence-corrected chi connectivity index (χ4v) is 5.87. The van der Waals surface area contributed by atoms with Gasteiger partial charge >= 0.3 is 0 Å². The molecule has 1 amide bonds. The van der Waals surface area contributed by atoms with Crippen LogP contribution in [-0.2, 0) is 7.05 Å². The van der Waals surface area contributed by atoms with Crippen LogP contribution in [-0.4, -0.2) is 68.8 Å². The molecule has 30 heavy (non-hydrogen) atoms. The fraction of sp³-hybridized carbons (Fsp3) is 0.636. The van der Waals surface area contributed by atoms with Crippen LogP contribution in [0.3, 0.4) is 0 Å². The lowest BCUT2D eigenvalue weighted by Crippen LogP contribution is -2.65. The second kappa shape index (κ2) is 7.98. The summed E-state index contributed by atoms with van der Waals surface area (Å²) in [6.07, 6.45) is 8.42. The van der Waals surface area contributed by atoms with E-state index in [1.54, 1.807) is 23.3 Å². The number of amides is 1. The monoisotopic (exact) mass is 409 g/mol. The van der Waals surface area contributed by atoms with Gasteiger partial charge in [0.25, 0.3) is 5.91 Å². The average molecular weight is 410 g/mol. The molecule has 8 nitrogen and oxygen atoms in total. The van der Waals surface area contributed by atoms with Crippen molar-refractivity contribution < 1.29 is 4.79 Å². The van der Waals surface area contributed by atoms with Gasteiger partial charge in [0.05, 0.1) is 0 Å². The van der Waals surface area contributed by atoms with Gasteiger partial charge in [-0.05, 0) is 50.6 Å². The lowest BCUT2D eigenvalue weighted by Gasteiger charge is -2.57. The summed E-state index contributed by atoms with van der Waals surface area (Å²) in [7, 11) is 1.81. The first-order chi connectivity index (χ1) is 14.6. The van der Waals surface area contributed by atoms with Crippen LogP contribution in [0.15, 0.2) is 24.7 Å². The number of carbonyl (C=O) groups is 1. The molecule has 0 spiro atoms. The van der Waals surface area contributed by atoms with Gasteiger partial charge in [0, 0.05) is 56.7 Å². The molecule has 2 aromatic heterocycles. The Balaban J connectivity index is 1.36. The van der Waals surface area contributed by atoms with Gasteiger partial charge < -0.3 is 10.2 Å². The summed E-state index contributed by atoms with van der Waals surface area (Å²) >= 11 is 0. The van der Waals surface area contributed by atoms with E-state index in [0.29, 0.717) is 36.2 Å². The van der Waals surface area contributed by atoms with Crippen LogP contribution in [0.25, 0.3) is 0 Å². The van der Waals surface area contributed by atoms with E-state index < -0.39 is 0 Å². The van der Waals surface area contributed by atoms with Crippen LogP contribution in [0.2, 0.25) is 0 Å². The average Bonchev–Trinajstić information content (AvgIpc) is 3.19. The lowest BCUT2D eigenvalue weighted by atomic mass is 9.72. The summed E-state index contributed by atoms with van der Waals surface area (Å²) in [4.78, 5) is 26.7. The number of fused-ring (bicyclic) bond motifs is 4. The van der Waals surface area contributed by atoms with Crippen molar-refractivity contribution in [1.82, 2.24) is 30.0 Å². The molecule has 8 heteroatoms. The molecule has 0 radical (unpaired) electrons. The largest absolute Gasteiger partial charge is 0.356 e. The van der Waals surface area contributed by atoms with Crippen molar-refractivity contribution in [2.75, 3.05) is 31.1 Å². The predicted octanol–water partition coefficient (Wildman–Crippen LogP) is 1.63. The van der Waals surface area contributed by atoms with E-state index in [9.17, 15) is 4.79 Å². The van der Waals surface area contributed by atoms with Gasteiger partial charge in [0.1, 0.15) is 17.8 Å². The Morgan fingerprint density at radius 1 is 1.23 bits per heavy atom. The number of nitrogens with one attached hydrogen (secondary N) is 1. The van der Waals surface area contributed by atoms with Gasteiger partial charge in [-0.15, -0.1) is 0 Å². The van der Waals surface area contributed by atoms with Gasteiger partial charge in [-0.1, -0.05) is 6.42 Å². The normalized spacial score (nSPS) is 28.8. The summed E-state index contributed by atoms with van der Waals surface area (Å²) in [5.74, 6) is 2.20. The zero-order valence-electron chi connectivity index (χ0n) is 17.9. The summed E-state index contributed by atoms with van der Waals surface area (Å²) in [5, 5.41) is 7.34. The van der Waals surface area contributed by atoms with Gasteiger partial charge in [-0.3, -0.25) is 14.4 Å². The number of rotatable bonds is 4. The highest BCUT2D eigenvalue weighted by Crippen LogP contribution is 2.41. The highest BCUT2D eigenvalue weighted by molar-refractivity contribution is 5.92. The van der Waals surface area contributed by atoms with Crippen LogP contribution < -0.4 is 10.2 Å². The van der Waals surface area contributed by atoms with E-state index in [1.165, 1.54) is 25.7 Å². The summed E-state index contributed by atoms with van der Waals surface area (Å²) in [5.41, 5.74) is 1.62. The van der Waals surface area contributed by atoms with Crippen molar-refractivity contribution in [2.45, 2.75) is 44.7 Å². The van der Waals surface area contributed by atoms with Crippen LogP contribution in [0, 0.1) is 18.8 Å². The van der Waals surface area contributed by atoms with Crippen molar-refractivity contribution in [1.29, 1.82) is 0 Å². The topological polar surface area (TPSA) is 79.2 Å². The van der Waals surface area contributed by atoms with E-state index in [4.69, 9.17) is 0 Å². The number of aryl methyl sites for hydroxylation is 2. The first-order valence-corrected chi connectivity index (χ1v) is 11.2. The molecule has 5 rings (SSSR count). The quantitative estimate of drug-likeness (QED) is 0.827. The predicted molar refractivity (Wildman–Crippen MR) is 114 cm³/mol. The van der Waals surface area contributed by atoms with Gasteiger partial charge in [-0.2, -0.15) is 5.10 Å². The zero-order chi connectivity index (χ0) is 20.7. The van der Waals surface area contributed by atoms with Crippen LogP contribution in [0.4, 0.5) is 5.82 Å². The number of aromatic nitrogens is 4. The molecule has 1 N–H and O–H groups in total. The summed E-state index contributed by atoms with van der Waals surface area (Å²) in [6.45, 7) is 5.92. The summed E-state index contributed by atoms with van der Waals surface area (Å²) in [6, 6.07) is 4.85. The van der Waals surface area contributed by atoms with E-state index >= 15 is 0 Å². The molecule has 2 bridgehead atoms. The Morgan fingerprint density at radius 2 is 2.10 bits per heavy atom. The molecule has 0 aromatic carbocycles. The molecule has 4 atom stereocenters. The smallest absolute Gasteiger partial charge is 0.269 e. The molecule has 3 aliphatic heterocycles. The Hall–Kier alpha value is -2.48. The van der Waals surface area contributed by atoms with Crippen molar-refractivity contribution in [3.05, 3.63) is 36.0 Å². The molecule has 3 fully saturated rings. The Kier molecular flexibility index (Phi) is 5.18. The van der Waals surface area contributed by atoms with Crippen molar-refractivity contribution in [2.24, 2.45) is 18.9 Å². The minimum absolute atomic E-state index is 0.0372. The minimum Gasteiger partial charge on any atom is -0.356 e. The van der Waals surface area contributed by atoms with E-state index in [1.807, 2.05) is 14.0 Å². The van der Waals surface area contributed by atoms with Gasteiger partial charge in [-0.25, -0.2) is 9.97 Å². The van der Waals surface area contributed by atoms with E-state index in [2.05, 4.69) is 36.2 Å². The SMILES string of the molecule is Cc1cc(N2C[C@H]3C[C@@H](C2)[C@H](CNC(=O)c2ccnn2C)N2CCCC[C@@H]32)ncn1. The molecule has 0 unspecified atom stereocenters. The Morgan fingerprint density at radius 3 is 2.90 bits per heavy atom. The molecule has 5 heterocycles. The van der Waals surface area contributed by atoms with Crippen LogP contribution in [0.5, 0.6) is 0 Å². The molecular formula is C22H31N7O. The molecule has 3 saturated heterocycles. The van der Waals surface area contributed by atoms with E-state index in [0.717, 1.165) is 31.1 Å². The molecule has 0 saturated carbocycles. The van der Waals surface area contributed by atoms with Gasteiger partial charge in [0.2, 0.25) is 0 Å². The van der Waals surface area contributed by atoms with Crippen molar-refractivity contribution in [3.8, 4) is 0 Å². The van der Waals surface area contributed by atoms with Crippen molar-refractivity contribution in [3.63, 3.8) is 0 Å². The highest BCUT2D eigenvalue weighted by atomic mass is 16.2. The highest BCUT2D eigenvalue weighted by Gasteiger charge is 2.47. The third-order valence-electron chi connectivity index (χ3n) is 7.26. The maximum absolute atomic E-state index is 12.7. The maximum Gasteiger partial charge on any atom is 0.269 e. The molecule has 2 aromatic rings. The first kappa shape index (κ1) is 19.5. The minimum atomic E-state index is -0.0372. The standard InChI is InChI=1S/C22H31N7O/c1-15-9-21(25-14-24-15)28-12-16-10-17(13-28)20(29-8-4-3-5-18(16)29)11-23-22(30)19-6-7-26-27(19)2/h6-7,9,14,16-18,20H,3-5,8,10-13H2,1-2H3,(H,23,30)/t16-,17+,18+,20+/m1/s1. The fourth-order valence-electron chi connectivity index (χ4n) is 5.87. The number of nitrogens with zero attached hydrogens (tertiary/aromatic N) is 6. The second-order valence-electron chi connectivity index (χ2n) is 9.10. The molecule has 0 aliphatic carbocycles. The molecule has 3 aliphatic rings. The van der Waals surface area contributed by atoms with Crippen molar-refractivity contribution >= 4 is 11.7 Å². The Bertz CT molecular complexity index is 912. The number of anilines is 1. The van der Waals surface area contributed by atoms with E-state index in [-0.39, 0.29) is 5.91 Å². The maximum atomic E-state index is 12.7.